The van der Waals surface area contributed by atoms with Gasteiger partial charge in [-0.15, -0.1) is 0 Å². The van der Waals surface area contributed by atoms with Crippen molar-refractivity contribution in [1.82, 2.24) is 9.55 Å². The monoisotopic (exact) mass is 347 g/mol. The predicted molar refractivity (Wildman–Crippen MR) is 102 cm³/mol. The summed E-state index contributed by atoms with van der Waals surface area (Å²) in [5.74, 6) is 1.21. The topological polar surface area (TPSA) is 39.1 Å². The van der Waals surface area contributed by atoms with E-state index in [-0.39, 0.29) is 5.82 Å². The Kier molecular flexibility index (Phi) is 4.05. The molecular weight excluding hydrogens is 329 g/mol. The van der Waals surface area contributed by atoms with E-state index in [0.717, 1.165) is 27.9 Å². The number of rotatable bonds is 4. The summed E-state index contributed by atoms with van der Waals surface area (Å²) < 4.78 is 21.1. The molecule has 0 fully saturated rings. The van der Waals surface area contributed by atoms with E-state index in [1.807, 2.05) is 43.4 Å². The molecule has 0 unspecified atom stereocenters. The van der Waals surface area contributed by atoms with Crippen molar-refractivity contribution in [2.45, 2.75) is 0 Å². The van der Waals surface area contributed by atoms with Crippen molar-refractivity contribution in [2.24, 2.45) is 7.05 Å². The number of halogens is 1. The molecule has 1 N–H and O–H groups in total. The molecular formula is C21H18FN3O. The molecule has 2 heterocycles. The second kappa shape index (κ2) is 6.52. The maximum atomic E-state index is 13.5. The minimum absolute atomic E-state index is 0.287. The molecule has 0 aliphatic heterocycles. The van der Waals surface area contributed by atoms with Crippen LogP contribution in [0.5, 0.6) is 5.75 Å². The summed E-state index contributed by atoms with van der Waals surface area (Å²) in [6.07, 6.45) is 1.75. The molecule has 2 aromatic carbocycles. The largest absolute Gasteiger partial charge is 0.496 e. The molecule has 0 amide bonds. The lowest BCUT2D eigenvalue weighted by Gasteiger charge is -2.09. The SMILES string of the molecule is COc1ccccc1-c1cc2c(Nc3cccc(F)c3)nccc2n1C. The number of ether oxygens (including phenoxy) is 1. The van der Waals surface area contributed by atoms with Crippen LogP contribution in [0.1, 0.15) is 0 Å². The molecule has 0 aliphatic rings. The summed E-state index contributed by atoms with van der Waals surface area (Å²) in [5.41, 5.74) is 3.71. The van der Waals surface area contributed by atoms with Gasteiger partial charge in [0.2, 0.25) is 0 Å². The number of pyridine rings is 1. The van der Waals surface area contributed by atoms with Gasteiger partial charge in [0.25, 0.3) is 0 Å². The molecule has 0 saturated carbocycles. The van der Waals surface area contributed by atoms with E-state index in [1.54, 1.807) is 19.4 Å². The molecule has 0 atom stereocenters. The molecule has 0 bridgehead atoms. The lowest BCUT2D eigenvalue weighted by Crippen LogP contribution is -1.96. The molecule has 0 radical (unpaired) electrons. The second-order valence-electron chi connectivity index (χ2n) is 6.02. The van der Waals surface area contributed by atoms with Gasteiger partial charge >= 0.3 is 0 Å². The zero-order valence-electron chi connectivity index (χ0n) is 14.5. The Balaban J connectivity index is 1.85. The Morgan fingerprint density at radius 3 is 2.69 bits per heavy atom. The van der Waals surface area contributed by atoms with Crippen LogP contribution < -0.4 is 10.1 Å². The Labute approximate surface area is 150 Å². The first-order valence-corrected chi connectivity index (χ1v) is 8.28. The van der Waals surface area contributed by atoms with E-state index in [1.165, 1.54) is 12.1 Å². The van der Waals surface area contributed by atoms with Gasteiger partial charge in [0.1, 0.15) is 17.4 Å². The highest BCUT2D eigenvalue weighted by molar-refractivity contribution is 5.96. The minimum Gasteiger partial charge on any atom is -0.496 e. The number of benzene rings is 2. The van der Waals surface area contributed by atoms with Gasteiger partial charge in [0.15, 0.2) is 0 Å². The zero-order chi connectivity index (χ0) is 18.1. The normalized spacial score (nSPS) is 10.9. The van der Waals surface area contributed by atoms with Gasteiger partial charge in [-0.3, -0.25) is 0 Å². The summed E-state index contributed by atoms with van der Waals surface area (Å²) in [6, 6.07) is 18.3. The van der Waals surface area contributed by atoms with E-state index in [2.05, 4.69) is 20.9 Å². The van der Waals surface area contributed by atoms with Crippen molar-refractivity contribution >= 4 is 22.4 Å². The standard InChI is InChI=1S/C21H18FN3O/c1-25-18-10-11-23-21(24-15-7-5-6-14(22)12-15)17(18)13-19(25)16-8-3-4-9-20(16)26-2/h3-13H,1-2H3,(H,23,24). The minimum atomic E-state index is -0.287. The molecule has 5 heteroatoms. The second-order valence-corrected chi connectivity index (χ2v) is 6.02. The molecule has 4 nitrogen and oxygen atoms in total. The Morgan fingerprint density at radius 2 is 1.88 bits per heavy atom. The fraction of sp³-hybridized carbons (Fsp3) is 0.0952. The van der Waals surface area contributed by atoms with Crippen molar-refractivity contribution in [3.05, 3.63) is 72.7 Å². The number of anilines is 2. The summed E-state index contributed by atoms with van der Waals surface area (Å²) in [7, 11) is 3.68. The highest BCUT2D eigenvalue weighted by atomic mass is 19.1. The highest BCUT2D eigenvalue weighted by Gasteiger charge is 2.14. The van der Waals surface area contributed by atoms with Gasteiger partial charge in [-0.1, -0.05) is 18.2 Å². The van der Waals surface area contributed by atoms with Gasteiger partial charge in [-0.25, -0.2) is 9.37 Å². The van der Waals surface area contributed by atoms with Crippen molar-refractivity contribution in [1.29, 1.82) is 0 Å². The van der Waals surface area contributed by atoms with Crippen LogP contribution in [0.2, 0.25) is 0 Å². The number of fused-ring (bicyclic) bond motifs is 1. The number of aryl methyl sites for hydroxylation is 1. The Bertz CT molecular complexity index is 1090. The molecule has 0 aliphatic carbocycles. The third-order valence-electron chi connectivity index (χ3n) is 4.44. The van der Waals surface area contributed by atoms with Gasteiger partial charge in [0.05, 0.1) is 18.3 Å². The number of para-hydroxylation sites is 1. The fourth-order valence-corrected chi connectivity index (χ4v) is 3.18. The van der Waals surface area contributed by atoms with Crippen LogP contribution in [0.15, 0.2) is 66.9 Å². The number of nitrogens with zero attached hydrogens (tertiary/aromatic N) is 2. The van der Waals surface area contributed by atoms with Crippen LogP contribution in [-0.2, 0) is 7.05 Å². The number of nitrogens with one attached hydrogen (secondary N) is 1. The third-order valence-corrected chi connectivity index (χ3v) is 4.44. The first kappa shape index (κ1) is 16.1. The number of methoxy groups -OCH3 is 1. The van der Waals surface area contributed by atoms with Crippen LogP contribution in [0.3, 0.4) is 0 Å². The highest BCUT2D eigenvalue weighted by Crippen LogP contribution is 2.35. The van der Waals surface area contributed by atoms with Crippen LogP contribution in [-0.4, -0.2) is 16.7 Å². The van der Waals surface area contributed by atoms with Gasteiger partial charge in [-0.05, 0) is 42.5 Å². The number of aromatic nitrogens is 2. The first-order valence-electron chi connectivity index (χ1n) is 8.28. The van der Waals surface area contributed by atoms with Crippen molar-refractivity contribution in [3.63, 3.8) is 0 Å². The van der Waals surface area contributed by atoms with Crippen LogP contribution in [0, 0.1) is 5.82 Å². The molecule has 4 aromatic rings. The maximum absolute atomic E-state index is 13.5. The van der Waals surface area contributed by atoms with Gasteiger partial charge in [-0.2, -0.15) is 0 Å². The smallest absolute Gasteiger partial charge is 0.139 e. The molecule has 4 rings (SSSR count). The molecule has 130 valence electrons. The lowest BCUT2D eigenvalue weighted by molar-refractivity contribution is 0.416. The number of hydrogen-bond acceptors (Lipinski definition) is 3. The van der Waals surface area contributed by atoms with Gasteiger partial charge < -0.3 is 14.6 Å². The van der Waals surface area contributed by atoms with E-state index < -0.39 is 0 Å². The molecule has 26 heavy (non-hydrogen) atoms. The van der Waals surface area contributed by atoms with Crippen LogP contribution in [0.4, 0.5) is 15.9 Å². The number of hydrogen-bond donors (Lipinski definition) is 1. The van der Waals surface area contributed by atoms with Crippen LogP contribution >= 0.6 is 0 Å². The van der Waals surface area contributed by atoms with E-state index in [0.29, 0.717) is 11.5 Å². The summed E-state index contributed by atoms with van der Waals surface area (Å²) in [4.78, 5) is 4.44. The Hall–Kier alpha value is -3.34. The zero-order valence-corrected chi connectivity index (χ0v) is 14.5. The van der Waals surface area contributed by atoms with E-state index in [4.69, 9.17) is 4.74 Å². The molecule has 0 saturated heterocycles. The Morgan fingerprint density at radius 1 is 1.04 bits per heavy atom. The van der Waals surface area contributed by atoms with E-state index in [9.17, 15) is 4.39 Å². The molecule has 0 spiro atoms. The average Bonchev–Trinajstić information content (AvgIpc) is 2.99. The first-order chi connectivity index (χ1) is 12.7. The predicted octanol–water partition coefficient (Wildman–Crippen LogP) is 5.13. The third kappa shape index (κ3) is 2.77. The van der Waals surface area contributed by atoms with E-state index >= 15 is 0 Å². The summed E-state index contributed by atoms with van der Waals surface area (Å²) in [5, 5.41) is 4.17. The lowest BCUT2D eigenvalue weighted by atomic mass is 10.1. The molecule has 2 aromatic heterocycles. The summed E-state index contributed by atoms with van der Waals surface area (Å²) >= 11 is 0. The van der Waals surface area contributed by atoms with Crippen molar-refractivity contribution in [2.75, 3.05) is 12.4 Å². The maximum Gasteiger partial charge on any atom is 0.139 e. The van der Waals surface area contributed by atoms with Crippen molar-refractivity contribution < 1.29 is 9.13 Å². The fourth-order valence-electron chi connectivity index (χ4n) is 3.18. The summed E-state index contributed by atoms with van der Waals surface area (Å²) in [6.45, 7) is 0. The quantitative estimate of drug-likeness (QED) is 0.556. The van der Waals surface area contributed by atoms with Gasteiger partial charge in [0, 0.05) is 29.9 Å². The van der Waals surface area contributed by atoms with Crippen molar-refractivity contribution in [3.8, 4) is 17.0 Å². The van der Waals surface area contributed by atoms with Crippen LogP contribution in [0.25, 0.3) is 22.2 Å². The average molecular weight is 347 g/mol.